The minimum atomic E-state index is -0.732. The van der Waals surface area contributed by atoms with Gasteiger partial charge in [-0.1, -0.05) is 23.5 Å². The van der Waals surface area contributed by atoms with Gasteiger partial charge in [0, 0.05) is 29.9 Å². The van der Waals surface area contributed by atoms with Crippen LogP contribution in [0.1, 0.15) is 17.3 Å². The van der Waals surface area contributed by atoms with Gasteiger partial charge in [0.1, 0.15) is 11.3 Å². The molecule has 0 aliphatic heterocycles. The number of para-hydroxylation sites is 1. The molecule has 28 heavy (non-hydrogen) atoms. The van der Waals surface area contributed by atoms with Crippen LogP contribution < -0.4 is 10.9 Å². The van der Waals surface area contributed by atoms with E-state index in [2.05, 4.69) is 20.5 Å². The summed E-state index contributed by atoms with van der Waals surface area (Å²) in [4.78, 5) is 29.6. The topological polar surface area (TPSA) is 110 Å². The van der Waals surface area contributed by atoms with Crippen LogP contribution in [0.15, 0.2) is 53.6 Å². The summed E-state index contributed by atoms with van der Waals surface area (Å²) in [6, 6.07) is 10.5. The van der Waals surface area contributed by atoms with Gasteiger partial charge in [-0.05, 0) is 31.2 Å². The number of carbonyl (C=O) groups is 1. The normalized spacial score (nSPS) is 10.9. The highest BCUT2D eigenvalue weighted by molar-refractivity contribution is 7.18. The summed E-state index contributed by atoms with van der Waals surface area (Å²) in [5.74, 6) is -1.08. The van der Waals surface area contributed by atoms with Crippen LogP contribution in [0.4, 0.5) is 5.13 Å². The van der Waals surface area contributed by atoms with Crippen molar-refractivity contribution in [3.05, 3.63) is 64.7 Å². The fourth-order valence-corrected chi connectivity index (χ4v) is 3.68. The Morgan fingerprint density at radius 1 is 1.21 bits per heavy atom. The molecule has 4 aromatic rings. The lowest BCUT2D eigenvalue weighted by atomic mass is 10.1. The molecule has 0 bridgehead atoms. The van der Waals surface area contributed by atoms with Crippen LogP contribution in [0, 0.1) is 0 Å². The van der Waals surface area contributed by atoms with Gasteiger partial charge in [-0.2, -0.15) is 0 Å². The van der Waals surface area contributed by atoms with Crippen LogP contribution >= 0.6 is 11.3 Å². The first kappa shape index (κ1) is 17.8. The zero-order chi connectivity index (χ0) is 19.7. The lowest BCUT2D eigenvalue weighted by molar-refractivity contribution is 0.102. The lowest BCUT2D eigenvalue weighted by Gasteiger charge is -2.12. The molecule has 1 amide bonds. The fraction of sp³-hybridized carbons (Fsp3) is 0.105. The third kappa shape index (κ3) is 3.01. The first-order chi connectivity index (χ1) is 13.6. The van der Waals surface area contributed by atoms with Crippen molar-refractivity contribution in [1.82, 2.24) is 19.7 Å². The third-order valence-electron chi connectivity index (χ3n) is 4.24. The molecular weight excluding hydrogens is 378 g/mol. The van der Waals surface area contributed by atoms with E-state index in [0.29, 0.717) is 22.5 Å². The first-order valence-corrected chi connectivity index (χ1v) is 9.31. The standard InChI is InChI=1S/C19H15N5O3S/c1-2-24-13-8-4-3-7-12(13)15(25)14(18(24)27)16(26)21-19-23-22-17(28-19)11-6-5-9-20-10-11/h3-10,25H,2H2,1H3,(H,21,23,26). The highest BCUT2D eigenvalue weighted by atomic mass is 32.1. The van der Waals surface area contributed by atoms with Crippen molar-refractivity contribution in [2.45, 2.75) is 13.5 Å². The number of nitrogens with one attached hydrogen (secondary N) is 1. The Labute approximate surface area is 163 Å². The summed E-state index contributed by atoms with van der Waals surface area (Å²) in [6.45, 7) is 2.17. The molecule has 8 nitrogen and oxygen atoms in total. The molecule has 1 aromatic carbocycles. The van der Waals surface area contributed by atoms with Crippen molar-refractivity contribution in [3.8, 4) is 16.3 Å². The number of carbonyl (C=O) groups excluding carboxylic acids is 1. The molecule has 140 valence electrons. The number of amides is 1. The molecule has 0 fully saturated rings. The second kappa shape index (κ2) is 7.20. The monoisotopic (exact) mass is 393 g/mol. The van der Waals surface area contributed by atoms with Crippen molar-refractivity contribution in [2.75, 3.05) is 5.32 Å². The van der Waals surface area contributed by atoms with E-state index in [1.54, 1.807) is 49.6 Å². The number of hydrogen-bond acceptors (Lipinski definition) is 7. The zero-order valence-electron chi connectivity index (χ0n) is 14.8. The second-order valence-electron chi connectivity index (χ2n) is 5.90. The molecule has 3 heterocycles. The van der Waals surface area contributed by atoms with E-state index in [4.69, 9.17) is 0 Å². The van der Waals surface area contributed by atoms with Gasteiger partial charge in [-0.15, -0.1) is 10.2 Å². The number of aromatic hydroxyl groups is 1. The number of anilines is 1. The van der Waals surface area contributed by atoms with E-state index in [0.717, 1.165) is 16.9 Å². The molecular formula is C19H15N5O3S. The Morgan fingerprint density at radius 3 is 2.79 bits per heavy atom. The fourth-order valence-electron chi connectivity index (χ4n) is 2.95. The molecule has 3 aromatic heterocycles. The van der Waals surface area contributed by atoms with E-state index in [1.807, 2.05) is 6.07 Å². The summed E-state index contributed by atoms with van der Waals surface area (Å²) in [5, 5.41) is 22.3. The Bertz CT molecular complexity index is 1230. The highest BCUT2D eigenvalue weighted by Gasteiger charge is 2.23. The molecule has 0 aliphatic carbocycles. The molecule has 0 radical (unpaired) electrons. The summed E-state index contributed by atoms with van der Waals surface area (Å²) in [7, 11) is 0. The summed E-state index contributed by atoms with van der Waals surface area (Å²) < 4.78 is 1.45. The number of aromatic nitrogens is 4. The number of aryl methyl sites for hydroxylation is 1. The van der Waals surface area contributed by atoms with Gasteiger partial charge in [0.25, 0.3) is 11.5 Å². The van der Waals surface area contributed by atoms with Gasteiger partial charge >= 0.3 is 0 Å². The molecule has 0 aliphatic rings. The third-order valence-corrected chi connectivity index (χ3v) is 5.13. The predicted molar refractivity (Wildman–Crippen MR) is 107 cm³/mol. The quantitative estimate of drug-likeness (QED) is 0.552. The van der Waals surface area contributed by atoms with E-state index in [-0.39, 0.29) is 16.4 Å². The number of benzene rings is 1. The molecule has 9 heteroatoms. The predicted octanol–water partition coefficient (Wildman–Crippen LogP) is 2.89. The number of nitrogens with zero attached hydrogens (tertiary/aromatic N) is 4. The van der Waals surface area contributed by atoms with Crippen LogP contribution in [0.3, 0.4) is 0 Å². The van der Waals surface area contributed by atoms with Gasteiger partial charge in [0.2, 0.25) is 5.13 Å². The van der Waals surface area contributed by atoms with Crippen molar-refractivity contribution in [2.24, 2.45) is 0 Å². The van der Waals surface area contributed by atoms with Gasteiger partial charge in [0.15, 0.2) is 5.01 Å². The SMILES string of the molecule is CCn1c(=O)c(C(=O)Nc2nnc(-c3cccnc3)s2)c(O)c2ccccc21. The Kier molecular flexibility index (Phi) is 4.58. The van der Waals surface area contributed by atoms with E-state index in [1.165, 1.54) is 4.57 Å². The molecule has 2 N–H and O–H groups in total. The summed E-state index contributed by atoms with van der Waals surface area (Å²) >= 11 is 1.15. The molecule has 0 saturated carbocycles. The van der Waals surface area contributed by atoms with Crippen LogP contribution in [0.25, 0.3) is 21.5 Å². The minimum absolute atomic E-state index is 0.221. The highest BCUT2D eigenvalue weighted by Crippen LogP contribution is 2.29. The summed E-state index contributed by atoms with van der Waals surface area (Å²) in [6.07, 6.45) is 3.29. The maximum atomic E-state index is 12.8. The maximum Gasteiger partial charge on any atom is 0.267 e. The van der Waals surface area contributed by atoms with E-state index >= 15 is 0 Å². The van der Waals surface area contributed by atoms with Crippen molar-refractivity contribution in [1.29, 1.82) is 0 Å². The van der Waals surface area contributed by atoms with E-state index in [9.17, 15) is 14.7 Å². The zero-order valence-corrected chi connectivity index (χ0v) is 15.6. The average Bonchev–Trinajstić information content (AvgIpc) is 3.17. The van der Waals surface area contributed by atoms with Gasteiger partial charge in [-0.3, -0.25) is 19.9 Å². The number of pyridine rings is 2. The van der Waals surface area contributed by atoms with Crippen molar-refractivity contribution >= 4 is 33.3 Å². The molecule has 0 atom stereocenters. The number of rotatable bonds is 4. The minimum Gasteiger partial charge on any atom is -0.506 e. The molecule has 4 rings (SSSR count). The Morgan fingerprint density at radius 2 is 2.04 bits per heavy atom. The first-order valence-electron chi connectivity index (χ1n) is 8.50. The van der Waals surface area contributed by atoms with Crippen LogP contribution in [-0.2, 0) is 6.54 Å². The largest absolute Gasteiger partial charge is 0.506 e. The lowest BCUT2D eigenvalue weighted by Crippen LogP contribution is -2.29. The van der Waals surface area contributed by atoms with Crippen LogP contribution in [0.5, 0.6) is 5.75 Å². The second-order valence-corrected chi connectivity index (χ2v) is 6.88. The molecule has 0 unspecified atom stereocenters. The van der Waals surface area contributed by atoms with Gasteiger partial charge < -0.3 is 9.67 Å². The van der Waals surface area contributed by atoms with Gasteiger partial charge in [0.05, 0.1) is 5.52 Å². The number of hydrogen-bond donors (Lipinski definition) is 2. The number of fused-ring (bicyclic) bond motifs is 1. The van der Waals surface area contributed by atoms with Gasteiger partial charge in [-0.25, -0.2) is 0 Å². The van der Waals surface area contributed by atoms with E-state index < -0.39 is 11.5 Å². The van der Waals surface area contributed by atoms with Crippen LogP contribution in [-0.4, -0.2) is 30.8 Å². The van der Waals surface area contributed by atoms with Crippen LogP contribution in [0.2, 0.25) is 0 Å². The smallest absolute Gasteiger partial charge is 0.267 e. The molecule has 0 saturated heterocycles. The van der Waals surface area contributed by atoms with Crippen molar-refractivity contribution in [3.63, 3.8) is 0 Å². The van der Waals surface area contributed by atoms with Crippen molar-refractivity contribution < 1.29 is 9.90 Å². The summed E-state index contributed by atoms with van der Waals surface area (Å²) in [5.41, 5.74) is 0.452. The average molecular weight is 393 g/mol. The Hall–Kier alpha value is -3.59. The maximum absolute atomic E-state index is 12.8. The molecule has 0 spiro atoms. The Balaban J connectivity index is 1.72.